The molecule has 2 heterocycles. The highest BCUT2D eigenvalue weighted by molar-refractivity contribution is 6.03. The third-order valence-corrected chi connectivity index (χ3v) is 7.01. The minimum absolute atomic E-state index is 0.00959. The first-order valence-electron chi connectivity index (χ1n) is 11.5. The summed E-state index contributed by atoms with van der Waals surface area (Å²) in [6.45, 7) is 10.2. The molecule has 2 aromatic rings. The molecule has 0 spiro atoms. The van der Waals surface area contributed by atoms with E-state index in [4.69, 9.17) is 0 Å². The van der Waals surface area contributed by atoms with E-state index < -0.39 is 0 Å². The number of nitrogens with zero attached hydrogens (tertiary/aromatic N) is 2. The molecular formula is C29H35N2O+. The summed E-state index contributed by atoms with van der Waals surface area (Å²) in [4.78, 5) is 2.36. The normalized spacial score (nSPS) is 20.1. The van der Waals surface area contributed by atoms with E-state index in [1.165, 1.54) is 33.9 Å². The van der Waals surface area contributed by atoms with E-state index in [1.54, 1.807) is 0 Å². The number of aliphatic hydroxyl groups is 1. The maximum Gasteiger partial charge on any atom is 0.209 e. The Balaban J connectivity index is 1.58. The van der Waals surface area contributed by atoms with Crippen LogP contribution in [0.2, 0.25) is 0 Å². The Kier molecular flexibility index (Phi) is 5.96. The zero-order valence-electron chi connectivity index (χ0n) is 20.0. The number of aliphatic hydroxyl groups excluding tert-OH is 1. The molecule has 0 unspecified atom stereocenters. The molecular weight excluding hydrogens is 392 g/mol. The van der Waals surface area contributed by atoms with Crippen molar-refractivity contribution in [3.05, 3.63) is 95.7 Å². The third kappa shape index (κ3) is 3.65. The second-order valence-electron chi connectivity index (χ2n) is 9.75. The fourth-order valence-corrected chi connectivity index (χ4v) is 5.27. The molecule has 166 valence electrons. The first-order valence-corrected chi connectivity index (χ1v) is 11.5. The van der Waals surface area contributed by atoms with Crippen LogP contribution in [0, 0.1) is 0 Å². The van der Waals surface area contributed by atoms with Crippen LogP contribution in [-0.4, -0.2) is 35.6 Å². The highest BCUT2D eigenvalue weighted by Gasteiger charge is 2.42. The molecule has 0 saturated carbocycles. The summed E-state index contributed by atoms with van der Waals surface area (Å²) >= 11 is 0. The zero-order valence-corrected chi connectivity index (χ0v) is 20.0. The Morgan fingerprint density at radius 3 is 2.28 bits per heavy atom. The average Bonchev–Trinajstić information content (AvgIpc) is 3.11. The number of fused-ring (bicyclic) bond motifs is 2. The Bertz CT molecular complexity index is 1130. The summed E-state index contributed by atoms with van der Waals surface area (Å²) in [6.07, 6.45) is 11.6. The molecule has 0 amide bonds. The van der Waals surface area contributed by atoms with Gasteiger partial charge in [0.1, 0.15) is 7.05 Å². The molecule has 0 radical (unpaired) electrons. The van der Waals surface area contributed by atoms with Gasteiger partial charge in [-0.25, -0.2) is 0 Å². The fourth-order valence-electron chi connectivity index (χ4n) is 5.27. The van der Waals surface area contributed by atoms with E-state index in [1.807, 2.05) is 0 Å². The van der Waals surface area contributed by atoms with Gasteiger partial charge in [-0.2, -0.15) is 4.58 Å². The molecule has 2 aromatic carbocycles. The second-order valence-corrected chi connectivity index (χ2v) is 9.75. The van der Waals surface area contributed by atoms with Crippen molar-refractivity contribution in [2.75, 3.05) is 25.1 Å². The SMILES string of the molecule is C[N+]1=C(/C=C/C=C/C=C2\N(CCCO)c3ccccc3C2(C)C)C(C)(C)c2ccccc21. The first-order chi connectivity index (χ1) is 15.3. The van der Waals surface area contributed by atoms with Crippen molar-refractivity contribution in [2.45, 2.75) is 44.9 Å². The minimum Gasteiger partial charge on any atom is -0.396 e. The highest BCUT2D eigenvalue weighted by atomic mass is 16.3. The van der Waals surface area contributed by atoms with Gasteiger partial charge in [0.05, 0.1) is 5.41 Å². The van der Waals surface area contributed by atoms with Crippen molar-refractivity contribution in [1.82, 2.24) is 0 Å². The maximum atomic E-state index is 9.39. The lowest BCUT2D eigenvalue weighted by Gasteiger charge is -2.26. The van der Waals surface area contributed by atoms with Gasteiger partial charge in [-0.1, -0.05) is 68.5 Å². The van der Waals surface area contributed by atoms with Gasteiger partial charge in [-0.3, -0.25) is 0 Å². The van der Waals surface area contributed by atoms with E-state index in [0.717, 1.165) is 13.0 Å². The number of benzene rings is 2. The maximum absolute atomic E-state index is 9.39. The van der Waals surface area contributed by atoms with E-state index in [2.05, 4.69) is 123 Å². The Hall–Kier alpha value is -2.91. The summed E-state index contributed by atoms with van der Waals surface area (Å²) < 4.78 is 2.30. The number of rotatable bonds is 6. The fraction of sp³-hybridized carbons (Fsp3) is 0.345. The van der Waals surface area contributed by atoms with Crippen LogP contribution in [0.4, 0.5) is 11.4 Å². The molecule has 1 N–H and O–H groups in total. The smallest absolute Gasteiger partial charge is 0.209 e. The molecule has 3 heteroatoms. The van der Waals surface area contributed by atoms with Crippen molar-refractivity contribution in [3.63, 3.8) is 0 Å². The molecule has 4 rings (SSSR count). The molecule has 0 aromatic heterocycles. The largest absolute Gasteiger partial charge is 0.396 e. The predicted octanol–water partition coefficient (Wildman–Crippen LogP) is 5.87. The number of hydrogen-bond acceptors (Lipinski definition) is 2. The molecule has 2 aliphatic rings. The lowest BCUT2D eigenvalue weighted by Crippen LogP contribution is -2.27. The molecule has 0 saturated heterocycles. The van der Waals surface area contributed by atoms with Gasteiger partial charge < -0.3 is 10.0 Å². The Morgan fingerprint density at radius 1 is 0.875 bits per heavy atom. The van der Waals surface area contributed by atoms with E-state index in [0.29, 0.717) is 0 Å². The van der Waals surface area contributed by atoms with Gasteiger partial charge in [-0.15, -0.1) is 0 Å². The van der Waals surface area contributed by atoms with Crippen molar-refractivity contribution < 1.29 is 9.68 Å². The first kappa shape index (κ1) is 22.3. The Labute approximate surface area is 192 Å². The van der Waals surface area contributed by atoms with E-state index >= 15 is 0 Å². The van der Waals surface area contributed by atoms with Crippen LogP contribution in [0.15, 0.2) is 84.6 Å². The zero-order chi connectivity index (χ0) is 22.9. The van der Waals surface area contributed by atoms with Crippen LogP contribution in [0.25, 0.3) is 0 Å². The van der Waals surface area contributed by atoms with Gasteiger partial charge in [-0.05, 0) is 38.0 Å². The quantitative estimate of drug-likeness (QED) is 0.461. The van der Waals surface area contributed by atoms with Crippen LogP contribution >= 0.6 is 0 Å². The molecule has 2 aliphatic heterocycles. The predicted molar refractivity (Wildman–Crippen MR) is 135 cm³/mol. The second kappa shape index (κ2) is 8.55. The summed E-state index contributed by atoms with van der Waals surface area (Å²) in [6, 6.07) is 17.3. The number of anilines is 1. The van der Waals surface area contributed by atoms with Gasteiger partial charge in [0.25, 0.3) is 0 Å². The van der Waals surface area contributed by atoms with Gasteiger partial charge >= 0.3 is 0 Å². The lowest BCUT2D eigenvalue weighted by molar-refractivity contribution is -0.401. The molecule has 0 fully saturated rings. The van der Waals surface area contributed by atoms with Crippen LogP contribution < -0.4 is 4.90 Å². The van der Waals surface area contributed by atoms with Crippen LogP contribution in [0.1, 0.15) is 45.2 Å². The summed E-state index contributed by atoms with van der Waals surface area (Å²) in [5.74, 6) is 0. The van der Waals surface area contributed by atoms with Gasteiger partial charge in [0, 0.05) is 47.7 Å². The summed E-state index contributed by atoms with van der Waals surface area (Å²) in [5, 5.41) is 9.39. The molecule has 32 heavy (non-hydrogen) atoms. The number of hydrogen-bond donors (Lipinski definition) is 1. The average molecular weight is 428 g/mol. The minimum atomic E-state index is -0.0653. The summed E-state index contributed by atoms with van der Waals surface area (Å²) in [7, 11) is 2.15. The standard InChI is InChI=1S/C29H35N2O/c1-28(2)22-14-9-11-16-24(22)30(5)26(28)18-7-6-8-19-27-29(3,4)23-15-10-12-17-25(23)31(27)20-13-21-32/h6-12,14-19,32H,13,20-21H2,1-5H3/q+1. The van der Waals surface area contributed by atoms with E-state index in [-0.39, 0.29) is 17.4 Å². The topological polar surface area (TPSA) is 26.5 Å². The van der Waals surface area contributed by atoms with Gasteiger partial charge in [0.2, 0.25) is 5.69 Å². The molecule has 0 atom stereocenters. The number of allylic oxidation sites excluding steroid dienone is 6. The Morgan fingerprint density at radius 2 is 1.56 bits per heavy atom. The van der Waals surface area contributed by atoms with E-state index in [9.17, 15) is 5.11 Å². The van der Waals surface area contributed by atoms with Crippen LogP contribution in [0.5, 0.6) is 0 Å². The molecule has 3 nitrogen and oxygen atoms in total. The van der Waals surface area contributed by atoms with Crippen molar-refractivity contribution in [1.29, 1.82) is 0 Å². The van der Waals surface area contributed by atoms with Crippen molar-refractivity contribution in [3.8, 4) is 0 Å². The highest BCUT2D eigenvalue weighted by Crippen LogP contribution is 2.47. The lowest BCUT2D eigenvalue weighted by atomic mass is 9.81. The van der Waals surface area contributed by atoms with Crippen molar-refractivity contribution in [2.24, 2.45) is 0 Å². The van der Waals surface area contributed by atoms with Crippen molar-refractivity contribution >= 4 is 17.1 Å². The van der Waals surface area contributed by atoms with Crippen LogP contribution in [-0.2, 0) is 10.8 Å². The number of para-hydroxylation sites is 2. The third-order valence-electron chi connectivity index (χ3n) is 7.01. The summed E-state index contributed by atoms with van der Waals surface area (Å²) in [5.41, 5.74) is 7.75. The molecule has 0 bridgehead atoms. The molecule has 0 aliphatic carbocycles. The van der Waals surface area contributed by atoms with Gasteiger partial charge in [0.15, 0.2) is 5.71 Å². The van der Waals surface area contributed by atoms with Crippen LogP contribution in [0.3, 0.4) is 0 Å². The monoisotopic (exact) mass is 427 g/mol.